The molecule has 0 aromatic carbocycles. The van der Waals surface area contributed by atoms with Crippen LogP contribution in [0.2, 0.25) is 0 Å². The Kier molecular flexibility index (Phi) is 8.66. The van der Waals surface area contributed by atoms with Gasteiger partial charge in [-0.15, -0.1) is 0 Å². The second kappa shape index (κ2) is 9.99. The normalized spacial score (nSPS) is 22.4. The average molecular weight is 373 g/mol. The number of hydrogen-bond donors (Lipinski definition) is 3. The molecule has 4 atom stereocenters. The number of hydrogen-bond acceptors (Lipinski definition) is 7. The highest BCUT2D eigenvalue weighted by molar-refractivity contribution is 5.96. The van der Waals surface area contributed by atoms with Crippen LogP contribution in [-0.2, 0) is 23.9 Å². The Labute approximate surface area is 154 Å². The number of Topliss-reactive ketones (excluding diaryl/α,β-unsaturated/α-hetero) is 1. The van der Waals surface area contributed by atoms with E-state index >= 15 is 0 Å². The monoisotopic (exact) mass is 373 g/mol. The molecule has 150 valence electrons. The maximum absolute atomic E-state index is 12.4. The fourth-order valence-corrected chi connectivity index (χ4v) is 2.65. The topological polar surface area (TPSA) is 125 Å². The standard InChI is InChI=1S/C18H31NO7/c1-5-25-17(23)15-14(26-15)13(21)9-12(8-11(2)3)16(22)19-7-6-18(4,24)10-20/h11-12,14-15,20,24H,5-10H2,1-4H3,(H,19,22)/t12-,14-,15+,18?/m1/s1. The Morgan fingerprint density at radius 1 is 1.27 bits per heavy atom. The predicted octanol–water partition coefficient (Wildman–Crippen LogP) is 0.188. The summed E-state index contributed by atoms with van der Waals surface area (Å²) in [7, 11) is 0. The Morgan fingerprint density at radius 2 is 1.92 bits per heavy atom. The predicted molar refractivity (Wildman–Crippen MR) is 93.2 cm³/mol. The lowest BCUT2D eigenvalue weighted by molar-refractivity contribution is -0.144. The van der Waals surface area contributed by atoms with Crippen molar-refractivity contribution in [2.24, 2.45) is 11.8 Å². The summed E-state index contributed by atoms with van der Waals surface area (Å²) in [6, 6.07) is 0. The molecule has 1 amide bonds. The Bertz CT molecular complexity index is 504. The number of epoxide rings is 1. The zero-order chi connectivity index (χ0) is 19.9. The zero-order valence-corrected chi connectivity index (χ0v) is 16.0. The Hall–Kier alpha value is -1.51. The summed E-state index contributed by atoms with van der Waals surface area (Å²) in [5.41, 5.74) is -1.26. The van der Waals surface area contributed by atoms with Gasteiger partial charge in [-0.2, -0.15) is 0 Å². The molecule has 8 nitrogen and oxygen atoms in total. The first-order valence-electron chi connectivity index (χ1n) is 9.07. The SMILES string of the molecule is CCOC(=O)[C@H]1O[C@@H]1C(=O)C[C@@H](CC(C)C)C(=O)NCCC(C)(O)CO. The molecule has 0 radical (unpaired) electrons. The van der Waals surface area contributed by atoms with Gasteiger partial charge in [-0.3, -0.25) is 9.59 Å². The molecule has 1 aliphatic rings. The van der Waals surface area contributed by atoms with Crippen LogP contribution in [0, 0.1) is 11.8 Å². The van der Waals surface area contributed by atoms with Crippen molar-refractivity contribution in [2.75, 3.05) is 19.8 Å². The molecule has 1 saturated heterocycles. The summed E-state index contributed by atoms with van der Waals surface area (Å²) >= 11 is 0. The second-order valence-electron chi connectivity index (χ2n) is 7.42. The minimum atomic E-state index is -1.26. The van der Waals surface area contributed by atoms with Crippen molar-refractivity contribution < 1.29 is 34.1 Å². The number of aliphatic hydroxyl groups is 2. The molecule has 0 bridgehead atoms. The van der Waals surface area contributed by atoms with Gasteiger partial charge in [0.2, 0.25) is 5.91 Å². The van der Waals surface area contributed by atoms with Crippen LogP contribution in [0.3, 0.4) is 0 Å². The molecule has 0 aliphatic carbocycles. The molecule has 1 rings (SSSR count). The number of esters is 1. The van der Waals surface area contributed by atoms with E-state index in [1.54, 1.807) is 6.92 Å². The minimum absolute atomic E-state index is 0.0129. The summed E-state index contributed by atoms with van der Waals surface area (Å²) in [6.07, 6.45) is -0.975. The molecule has 8 heteroatoms. The van der Waals surface area contributed by atoms with E-state index in [1.165, 1.54) is 6.92 Å². The summed E-state index contributed by atoms with van der Waals surface area (Å²) in [5.74, 6) is -1.45. The molecule has 1 heterocycles. The third kappa shape index (κ3) is 7.39. The van der Waals surface area contributed by atoms with Gasteiger partial charge in [-0.25, -0.2) is 4.79 Å². The smallest absolute Gasteiger partial charge is 0.338 e. The van der Waals surface area contributed by atoms with E-state index in [2.05, 4.69) is 5.32 Å². The first-order chi connectivity index (χ1) is 12.1. The number of rotatable bonds is 12. The molecule has 0 aromatic rings. The van der Waals surface area contributed by atoms with Crippen LogP contribution in [-0.4, -0.2) is 65.4 Å². The quantitative estimate of drug-likeness (QED) is 0.329. The fourth-order valence-electron chi connectivity index (χ4n) is 2.65. The van der Waals surface area contributed by atoms with E-state index in [1.807, 2.05) is 13.8 Å². The molecular formula is C18H31NO7. The van der Waals surface area contributed by atoms with Crippen molar-refractivity contribution in [1.29, 1.82) is 0 Å². The van der Waals surface area contributed by atoms with Gasteiger partial charge >= 0.3 is 5.97 Å². The summed E-state index contributed by atoms with van der Waals surface area (Å²) in [4.78, 5) is 36.3. The first kappa shape index (κ1) is 22.5. The van der Waals surface area contributed by atoms with E-state index in [0.29, 0.717) is 6.42 Å². The van der Waals surface area contributed by atoms with Gasteiger partial charge in [0.25, 0.3) is 0 Å². The maximum atomic E-state index is 12.4. The molecule has 3 N–H and O–H groups in total. The highest BCUT2D eigenvalue weighted by atomic mass is 16.6. The van der Waals surface area contributed by atoms with Crippen LogP contribution in [0.1, 0.15) is 47.0 Å². The van der Waals surface area contributed by atoms with Crippen molar-refractivity contribution in [2.45, 2.75) is 64.8 Å². The van der Waals surface area contributed by atoms with E-state index < -0.39 is 36.3 Å². The molecule has 1 aliphatic heterocycles. The van der Waals surface area contributed by atoms with Crippen molar-refractivity contribution >= 4 is 17.7 Å². The van der Waals surface area contributed by atoms with Crippen LogP contribution >= 0.6 is 0 Å². The number of ketones is 1. The third-order valence-corrected chi connectivity index (χ3v) is 4.21. The summed E-state index contributed by atoms with van der Waals surface area (Å²) in [5, 5.41) is 21.5. The molecular weight excluding hydrogens is 342 g/mol. The van der Waals surface area contributed by atoms with Gasteiger partial charge in [0.15, 0.2) is 18.0 Å². The number of amides is 1. The first-order valence-corrected chi connectivity index (χ1v) is 9.07. The van der Waals surface area contributed by atoms with Gasteiger partial charge in [0.1, 0.15) is 0 Å². The molecule has 0 spiro atoms. The van der Waals surface area contributed by atoms with Gasteiger partial charge in [0.05, 0.1) is 18.8 Å². The van der Waals surface area contributed by atoms with Crippen LogP contribution in [0.4, 0.5) is 0 Å². The second-order valence-corrected chi connectivity index (χ2v) is 7.42. The molecule has 1 fully saturated rings. The number of carbonyl (C=O) groups excluding carboxylic acids is 3. The van der Waals surface area contributed by atoms with Crippen LogP contribution in [0.15, 0.2) is 0 Å². The van der Waals surface area contributed by atoms with Crippen molar-refractivity contribution in [3.63, 3.8) is 0 Å². The maximum Gasteiger partial charge on any atom is 0.338 e. The van der Waals surface area contributed by atoms with E-state index in [-0.39, 0.29) is 43.6 Å². The minimum Gasteiger partial charge on any atom is -0.464 e. The van der Waals surface area contributed by atoms with Crippen LogP contribution < -0.4 is 5.32 Å². The Balaban J connectivity index is 2.54. The largest absolute Gasteiger partial charge is 0.464 e. The van der Waals surface area contributed by atoms with Gasteiger partial charge < -0.3 is 25.0 Å². The van der Waals surface area contributed by atoms with Gasteiger partial charge in [-0.05, 0) is 32.6 Å². The van der Waals surface area contributed by atoms with Gasteiger partial charge in [-0.1, -0.05) is 13.8 Å². The lowest BCUT2D eigenvalue weighted by Gasteiger charge is -2.22. The number of nitrogens with one attached hydrogen (secondary N) is 1. The van der Waals surface area contributed by atoms with Crippen molar-refractivity contribution in [3.05, 3.63) is 0 Å². The zero-order valence-electron chi connectivity index (χ0n) is 16.0. The highest BCUT2D eigenvalue weighted by Gasteiger charge is 2.51. The summed E-state index contributed by atoms with van der Waals surface area (Å²) < 4.78 is 9.92. The van der Waals surface area contributed by atoms with Crippen molar-refractivity contribution in [3.8, 4) is 0 Å². The molecule has 0 saturated carbocycles. The average Bonchev–Trinajstić information content (AvgIpc) is 3.34. The van der Waals surface area contributed by atoms with E-state index in [4.69, 9.17) is 14.6 Å². The lowest BCUT2D eigenvalue weighted by Crippen LogP contribution is -2.38. The third-order valence-electron chi connectivity index (χ3n) is 4.21. The highest BCUT2D eigenvalue weighted by Crippen LogP contribution is 2.28. The molecule has 0 aromatic heterocycles. The van der Waals surface area contributed by atoms with Crippen LogP contribution in [0.5, 0.6) is 0 Å². The van der Waals surface area contributed by atoms with E-state index in [9.17, 15) is 19.5 Å². The fraction of sp³-hybridized carbons (Fsp3) is 0.833. The number of aliphatic hydroxyl groups excluding tert-OH is 1. The number of carbonyl (C=O) groups is 3. The molecule has 1 unspecified atom stereocenters. The van der Waals surface area contributed by atoms with Crippen molar-refractivity contribution in [1.82, 2.24) is 5.32 Å². The lowest BCUT2D eigenvalue weighted by atomic mass is 9.90. The molecule has 26 heavy (non-hydrogen) atoms. The van der Waals surface area contributed by atoms with Gasteiger partial charge in [0, 0.05) is 18.9 Å². The Morgan fingerprint density at radius 3 is 2.46 bits per heavy atom. The number of ether oxygens (including phenoxy) is 2. The van der Waals surface area contributed by atoms with Crippen LogP contribution in [0.25, 0.3) is 0 Å². The summed E-state index contributed by atoms with van der Waals surface area (Å²) in [6.45, 7) is 7.08. The van der Waals surface area contributed by atoms with E-state index in [0.717, 1.165) is 0 Å².